The van der Waals surface area contributed by atoms with Gasteiger partial charge in [-0.05, 0) is 66.7 Å². The minimum Gasteiger partial charge on any atom is -0.396 e. The van der Waals surface area contributed by atoms with Crippen molar-refractivity contribution in [2.24, 2.45) is 5.92 Å². The van der Waals surface area contributed by atoms with E-state index in [4.69, 9.17) is 0 Å². The summed E-state index contributed by atoms with van der Waals surface area (Å²) >= 11 is 0. The lowest BCUT2D eigenvalue weighted by Gasteiger charge is -2.31. The summed E-state index contributed by atoms with van der Waals surface area (Å²) < 4.78 is 1.95. The minimum absolute atomic E-state index is 0.321. The second kappa shape index (κ2) is 7.49. The van der Waals surface area contributed by atoms with Crippen molar-refractivity contribution in [3.8, 4) is 0 Å². The molecule has 1 aromatic heterocycles. The van der Waals surface area contributed by atoms with Crippen molar-refractivity contribution >= 4 is 5.69 Å². The van der Waals surface area contributed by atoms with E-state index in [-0.39, 0.29) is 0 Å². The smallest absolute Gasteiger partial charge is 0.170 e. The average molecular weight is 342 g/mol. The van der Waals surface area contributed by atoms with Crippen LogP contribution in [0, 0.1) is 5.92 Å². The molecule has 2 aliphatic rings. The summed E-state index contributed by atoms with van der Waals surface area (Å²) in [5.41, 5.74) is 2.45. The zero-order valence-electron chi connectivity index (χ0n) is 14.5. The number of benzene rings is 1. The number of tetrazole rings is 1. The van der Waals surface area contributed by atoms with Crippen LogP contribution in [0.15, 0.2) is 24.3 Å². The molecule has 0 amide bonds. The van der Waals surface area contributed by atoms with Crippen LogP contribution in [-0.2, 0) is 13.1 Å². The second-order valence-corrected chi connectivity index (χ2v) is 7.18. The molecule has 25 heavy (non-hydrogen) atoms. The molecule has 0 bridgehead atoms. The molecule has 2 N–H and O–H groups in total. The van der Waals surface area contributed by atoms with Crippen LogP contribution in [0.1, 0.15) is 43.1 Å². The first-order valence-corrected chi connectivity index (χ1v) is 9.25. The molecule has 7 heteroatoms. The summed E-state index contributed by atoms with van der Waals surface area (Å²) in [4.78, 5) is 2.47. The predicted octanol–water partition coefficient (Wildman–Crippen LogP) is 1.82. The summed E-state index contributed by atoms with van der Waals surface area (Å²) in [6, 6.07) is 8.96. The van der Waals surface area contributed by atoms with Crippen LogP contribution in [0.4, 0.5) is 5.69 Å². The molecule has 0 unspecified atom stereocenters. The van der Waals surface area contributed by atoms with Gasteiger partial charge in [-0.1, -0.05) is 18.2 Å². The second-order valence-electron chi connectivity index (χ2n) is 7.18. The lowest BCUT2D eigenvalue weighted by molar-refractivity contribution is 0.127. The highest BCUT2D eigenvalue weighted by Crippen LogP contribution is 2.34. The Hall–Kier alpha value is -1.99. The van der Waals surface area contributed by atoms with Gasteiger partial charge in [-0.25, -0.2) is 4.68 Å². The zero-order valence-corrected chi connectivity index (χ0v) is 14.5. The van der Waals surface area contributed by atoms with E-state index in [9.17, 15) is 5.11 Å². The van der Waals surface area contributed by atoms with Gasteiger partial charge in [0.05, 0.1) is 12.6 Å². The monoisotopic (exact) mass is 342 g/mol. The van der Waals surface area contributed by atoms with Gasteiger partial charge in [-0.15, -0.1) is 5.10 Å². The zero-order chi connectivity index (χ0) is 17.1. The first-order valence-electron chi connectivity index (χ1n) is 9.25. The van der Waals surface area contributed by atoms with Gasteiger partial charge in [-0.2, -0.15) is 0 Å². The third-order valence-electron chi connectivity index (χ3n) is 5.27. The normalized spacial score (nSPS) is 19.2. The summed E-state index contributed by atoms with van der Waals surface area (Å²) in [5, 5.41) is 24.9. The first kappa shape index (κ1) is 16.5. The van der Waals surface area contributed by atoms with Crippen molar-refractivity contribution in [2.75, 3.05) is 25.0 Å². The number of rotatable bonds is 7. The van der Waals surface area contributed by atoms with Crippen LogP contribution in [-0.4, -0.2) is 49.9 Å². The Kier molecular flexibility index (Phi) is 4.94. The number of hydrogen-bond acceptors (Lipinski definition) is 6. The number of aromatic nitrogens is 4. The van der Waals surface area contributed by atoms with E-state index < -0.39 is 0 Å². The van der Waals surface area contributed by atoms with E-state index in [1.54, 1.807) is 0 Å². The molecule has 1 aliphatic heterocycles. The van der Waals surface area contributed by atoms with Crippen molar-refractivity contribution in [3.63, 3.8) is 0 Å². The standard InChI is InChI=1S/C18H26N6O/c25-13-14-7-9-23(10-8-14)12-15-3-1-2-4-17(15)19-11-18-20-21-22-24(18)16-5-6-16/h1-4,14,16,19,25H,5-13H2. The van der Waals surface area contributed by atoms with Crippen molar-refractivity contribution < 1.29 is 5.11 Å². The Labute approximate surface area is 148 Å². The SMILES string of the molecule is OCC1CCN(Cc2ccccc2NCc2nnnn2C2CC2)CC1. The van der Waals surface area contributed by atoms with Crippen LogP contribution in [0.2, 0.25) is 0 Å². The fourth-order valence-corrected chi connectivity index (χ4v) is 3.50. The number of piperidine rings is 1. The molecule has 2 heterocycles. The van der Waals surface area contributed by atoms with Crippen molar-refractivity contribution in [3.05, 3.63) is 35.7 Å². The van der Waals surface area contributed by atoms with Gasteiger partial charge < -0.3 is 10.4 Å². The van der Waals surface area contributed by atoms with Crippen molar-refractivity contribution in [2.45, 2.75) is 44.8 Å². The molecule has 1 aromatic carbocycles. The van der Waals surface area contributed by atoms with E-state index in [2.05, 4.69) is 50.0 Å². The Bertz CT molecular complexity index is 690. The molecule has 1 saturated heterocycles. The van der Waals surface area contributed by atoms with Gasteiger partial charge in [0.25, 0.3) is 0 Å². The van der Waals surface area contributed by atoms with Gasteiger partial charge in [-0.3, -0.25) is 4.90 Å². The number of likely N-dealkylation sites (tertiary alicyclic amines) is 1. The highest BCUT2D eigenvalue weighted by atomic mass is 16.3. The maximum Gasteiger partial charge on any atom is 0.170 e. The Morgan fingerprint density at radius 1 is 1.12 bits per heavy atom. The Morgan fingerprint density at radius 2 is 1.92 bits per heavy atom. The van der Waals surface area contributed by atoms with E-state index >= 15 is 0 Å². The van der Waals surface area contributed by atoms with Crippen LogP contribution >= 0.6 is 0 Å². The quantitative estimate of drug-likeness (QED) is 0.799. The largest absolute Gasteiger partial charge is 0.396 e. The topological polar surface area (TPSA) is 79.1 Å². The third-order valence-corrected chi connectivity index (χ3v) is 5.27. The third kappa shape index (κ3) is 3.99. The molecule has 0 radical (unpaired) electrons. The molecule has 134 valence electrons. The summed E-state index contributed by atoms with van der Waals surface area (Å²) in [7, 11) is 0. The van der Waals surface area contributed by atoms with Gasteiger partial charge in [0.15, 0.2) is 5.82 Å². The molecule has 4 rings (SSSR count). The highest BCUT2D eigenvalue weighted by Gasteiger charge is 2.27. The summed E-state index contributed by atoms with van der Waals surface area (Å²) in [6.07, 6.45) is 4.53. The summed E-state index contributed by atoms with van der Waals surface area (Å²) in [5.74, 6) is 1.38. The van der Waals surface area contributed by atoms with Gasteiger partial charge in [0.1, 0.15) is 0 Å². The van der Waals surface area contributed by atoms with Gasteiger partial charge >= 0.3 is 0 Å². The molecule has 7 nitrogen and oxygen atoms in total. The number of aliphatic hydroxyl groups is 1. The lowest BCUT2D eigenvalue weighted by atomic mass is 9.97. The molecule has 2 aromatic rings. The van der Waals surface area contributed by atoms with Crippen LogP contribution < -0.4 is 5.32 Å². The van der Waals surface area contributed by atoms with E-state index in [1.165, 1.54) is 18.4 Å². The molecular formula is C18H26N6O. The number of nitrogens with one attached hydrogen (secondary N) is 1. The molecule has 0 atom stereocenters. The lowest BCUT2D eigenvalue weighted by Crippen LogP contribution is -2.34. The van der Waals surface area contributed by atoms with Crippen LogP contribution in [0.25, 0.3) is 0 Å². The number of para-hydroxylation sites is 1. The van der Waals surface area contributed by atoms with Crippen LogP contribution in [0.3, 0.4) is 0 Å². The van der Waals surface area contributed by atoms with Crippen LogP contribution in [0.5, 0.6) is 0 Å². The molecule has 1 saturated carbocycles. The summed E-state index contributed by atoms with van der Waals surface area (Å²) in [6.45, 7) is 4.02. The van der Waals surface area contributed by atoms with E-state index in [0.29, 0.717) is 25.1 Å². The maximum atomic E-state index is 9.29. The van der Waals surface area contributed by atoms with Gasteiger partial charge in [0.2, 0.25) is 0 Å². The number of aliphatic hydroxyl groups excluding tert-OH is 1. The molecule has 2 fully saturated rings. The molecule has 0 spiro atoms. The number of anilines is 1. The number of hydrogen-bond donors (Lipinski definition) is 2. The highest BCUT2D eigenvalue weighted by molar-refractivity contribution is 5.51. The Balaban J connectivity index is 1.38. The van der Waals surface area contributed by atoms with Crippen molar-refractivity contribution in [1.82, 2.24) is 25.1 Å². The minimum atomic E-state index is 0.321. The Morgan fingerprint density at radius 3 is 2.68 bits per heavy atom. The predicted molar refractivity (Wildman–Crippen MR) is 94.9 cm³/mol. The van der Waals surface area contributed by atoms with E-state index in [1.807, 2.05) is 4.68 Å². The molecule has 1 aliphatic carbocycles. The van der Waals surface area contributed by atoms with Gasteiger partial charge in [0, 0.05) is 18.8 Å². The maximum absolute atomic E-state index is 9.29. The fraction of sp³-hybridized carbons (Fsp3) is 0.611. The molecular weight excluding hydrogens is 316 g/mol. The average Bonchev–Trinajstić information content (AvgIpc) is 3.40. The van der Waals surface area contributed by atoms with Crippen molar-refractivity contribution in [1.29, 1.82) is 0 Å². The first-order chi connectivity index (χ1) is 12.3. The van der Waals surface area contributed by atoms with E-state index in [0.717, 1.165) is 44.0 Å². The fourth-order valence-electron chi connectivity index (χ4n) is 3.50. The number of nitrogens with zero attached hydrogens (tertiary/aromatic N) is 5.